The van der Waals surface area contributed by atoms with Crippen molar-refractivity contribution in [3.8, 4) is 0 Å². The average molecular weight is 419 g/mol. The Bertz CT molecular complexity index is 1090. The number of imidazole rings is 1. The van der Waals surface area contributed by atoms with Crippen LogP contribution in [0.4, 0.5) is 11.6 Å². The third-order valence-electron chi connectivity index (χ3n) is 5.86. The highest BCUT2D eigenvalue weighted by Crippen LogP contribution is 2.36. The molecule has 1 atom stereocenters. The number of nitrogens with zero attached hydrogens (tertiary/aromatic N) is 4. The SMILES string of the molecule is O=C(C[C@@H]1C(=O)N(CCN2CCOCC2)c2nc3ccccc3n21)Nc1ccccc1. The molecular formula is C23H25N5O3. The number of para-hydroxylation sites is 3. The Labute approximate surface area is 180 Å². The molecule has 31 heavy (non-hydrogen) atoms. The van der Waals surface area contributed by atoms with Gasteiger partial charge in [0.1, 0.15) is 6.04 Å². The number of hydrogen-bond acceptors (Lipinski definition) is 5. The summed E-state index contributed by atoms with van der Waals surface area (Å²) in [6.07, 6.45) is 0.0646. The summed E-state index contributed by atoms with van der Waals surface area (Å²) in [5.41, 5.74) is 2.42. The average Bonchev–Trinajstić information content (AvgIpc) is 3.28. The van der Waals surface area contributed by atoms with Crippen LogP contribution < -0.4 is 10.2 Å². The minimum Gasteiger partial charge on any atom is -0.379 e. The molecule has 1 fully saturated rings. The van der Waals surface area contributed by atoms with E-state index in [0.717, 1.165) is 49.6 Å². The molecule has 0 bridgehead atoms. The molecule has 160 valence electrons. The third-order valence-corrected chi connectivity index (χ3v) is 5.86. The summed E-state index contributed by atoms with van der Waals surface area (Å²) in [5, 5.41) is 2.89. The zero-order chi connectivity index (χ0) is 21.2. The van der Waals surface area contributed by atoms with E-state index in [9.17, 15) is 9.59 Å². The van der Waals surface area contributed by atoms with E-state index >= 15 is 0 Å². The summed E-state index contributed by atoms with van der Waals surface area (Å²) >= 11 is 0. The summed E-state index contributed by atoms with van der Waals surface area (Å²) in [5.74, 6) is 0.352. The second-order valence-electron chi connectivity index (χ2n) is 7.85. The van der Waals surface area contributed by atoms with Gasteiger partial charge in [-0.15, -0.1) is 0 Å². The van der Waals surface area contributed by atoms with Crippen LogP contribution in [0.15, 0.2) is 54.6 Å². The molecule has 2 amide bonds. The van der Waals surface area contributed by atoms with Gasteiger partial charge in [0.15, 0.2) is 0 Å². The van der Waals surface area contributed by atoms with Gasteiger partial charge in [0, 0.05) is 31.9 Å². The first-order valence-corrected chi connectivity index (χ1v) is 10.6. The lowest BCUT2D eigenvalue weighted by Gasteiger charge is -2.28. The molecule has 0 aliphatic carbocycles. The van der Waals surface area contributed by atoms with E-state index in [1.54, 1.807) is 4.90 Å². The lowest BCUT2D eigenvalue weighted by Crippen LogP contribution is -2.42. The normalized spacial score (nSPS) is 19.0. The quantitative estimate of drug-likeness (QED) is 0.663. The Kier molecular flexibility index (Phi) is 5.40. The lowest BCUT2D eigenvalue weighted by molar-refractivity contribution is -0.124. The van der Waals surface area contributed by atoms with Gasteiger partial charge >= 0.3 is 0 Å². The smallest absolute Gasteiger partial charge is 0.253 e. The summed E-state index contributed by atoms with van der Waals surface area (Å²) in [4.78, 5) is 34.9. The zero-order valence-electron chi connectivity index (χ0n) is 17.2. The zero-order valence-corrected chi connectivity index (χ0v) is 17.2. The number of aromatic nitrogens is 2. The first-order chi connectivity index (χ1) is 15.2. The van der Waals surface area contributed by atoms with E-state index in [0.29, 0.717) is 12.5 Å². The van der Waals surface area contributed by atoms with Crippen LogP contribution in [0.25, 0.3) is 11.0 Å². The third kappa shape index (κ3) is 3.92. The van der Waals surface area contributed by atoms with Crippen molar-refractivity contribution in [2.24, 2.45) is 0 Å². The van der Waals surface area contributed by atoms with Gasteiger partial charge in [-0.1, -0.05) is 30.3 Å². The summed E-state index contributed by atoms with van der Waals surface area (Å²) < 4.78 is 7.33. The number of carbonyl (C=O) groups excluding carboxylic acids is 2. The largest absolute Gasteiger partial charge is 0.379 e. The number of amides is 2. The van der Waals surface area contributed by atoms with Crippen molar-refractivity contribution < 1.29 is 14.3 Å². The van der Waals surface area contributed by atoms with E-state index in [1.165, 1.54) is 0 Å². The van der Waals surface area contributed by atoms with Gasteiger partial charge in [0.25, 0.3) is 5.91 Å². The molecule has 3 aromatic rings. The number of nitrogens with one attached hydrogen (secondary N) is 1. The molecule has 1 aromatic heterocycles. The first kappa shape index (κ1) is 19.7. The molecule has 2 aliphatic rings. The highest BCUT2D eigenvalue weighted by molar-refractivity contribution is 6.05. The van der Waals surface area contributed by atoms with Gasteiger partial charge in [-0.05, 0) is 24.3 Å². The summed E-state index contributed by atoms with van der Waals surface area (Å²) in [6.45, 7) is 4.45. The number of fused-ring (bicyclic) bond motifs is 3. The maximum Gasteiger partial charge on any atom is 0.253 e. The fraction of sp³-hybridized carbons (Fsp3) is 0.348. The second kappa shape index (κ2) is 8.49. The van der Waals surface area contributed by atoms with Crippen LogP contribution in [0.2, 0.25) is 0 Å². The van der Waals surface area contributed by atoms with Crippen LogP contribution in [0.5, 0.6) is 0 Å². The monoisotopic (exact) mass is 419 g/mol. The van der Waals surface area contributed by atoms with Gasteiger partial charge in [-0.3, -0.25) is 24.0 Å². The van der Waals surface area contributed by atoms with Gasteiger partial charge in [-0.2, -0.15) is 0 Å². The predicted octanol–water partition coefficient (Wildman–Crippen LogP) is 2.28. The summed E-state index contributed by atoms with van der Waals surface area (Å²) in [6, 6.07) is 16.4. The molecular weight excluding hydrogens is 394 g/mol. The molecule has 8 heteroatoms. The molecule has 0 radical (unpaired) electrons. The van der Waals surface area contributed by atoms with E-state index in [-0.39, 0.29) is 18.2 Å². The first-order valence-electron chi connectivity index (χ1n) is 10.6. The van der Waals surface area contributed by atoms with Crippen LogP contribution in [-0.2, 0) is 14.3 Å². The van der Waals surface area contributed by atoms with Crippen LogP contribution in [0, 0.1) is 0 Å². The van der Waals surface area contributed by atoms with E-state index in [4.69, 9.17) is 9.72 Å². The predicted molar refractivity (Wildman–Crippen MR) is 118 cm³/mol. The van der Waals surface area contributed by atoms with Crippen LogP contribution in [-0.4, -0.2) is 65.7 Å². The van der Waals surface area contributed by atoms with Crippen LogP contribution >= 0.6 is 0 Å². The van der Waals surface area contributed by atoms with Crippen LogP contribution in [0.1, 0.15) is 12.5 Å². The maximum atomic E-state index is 13.4. The molecule has 5 rings (SSSR count). The van der Waals surface area contributed by atoms with Crippen molar-refractivity contribution in [1.82, 2.24) is 14.5 Å². The number of carbonyl (C=O) groups is 2. The number of anilines is 2. The Morgan fingerprint density at radius 1 is 1.03 bits per heavy atom. The van der Waals surface area contributed by atoms with Crippen molar-refractivity contribution in [2.45, 2.75) is 12.5 Å². The minimum atomic E-state index is -0.601. The molecule has 0 saturated carbocycles. The molecule has 0 unspecified atom stereocenters. The standard InChI is InChI=1S/C23H25N5O3/c29-21(24-17-6-2-1-3-7-17)16-20-22(30)27(11-10-26-12-14-31-15-13-26)23-25-18-8-4-5-9-19(18)28(20)23/h1-9,20H,10-16H2,(H,24,29)/t20-/m1/s1. The van der Waals surface area contributed by atoms with E-state index in [2.05, 4.69) is 10.2 Å². The molecule has 8 nitrogen and oxygen atoms in total. The minimum absolute atomic E-state index is 0.0646. The number of ether oxygens (including phenoxy) is 1. The molecule has 1 saturated heterocycles. The Morgan fingerprint density at radius 2 is 1.77 bits per heavy atom. The van der Waals surface area contributed by atoms with Gasteiger partial charge in [0.2, 0.25) is 11.9 Å². The van der Waals surface area contributed by atoms with Gasteiger partial charge in [0.05, 0.1) is 30.7 Å². The highest BCUT2D eigenvalue weighted by Gasteiger charge is 2.40. The molecule has 2 aliphatic heterocycles. The highest BCUT2D eigenvalue weighted by atomic mass is 16.5. The van der Waals surface area contributed by atoms with Crippen molar-refractivity contribution in [3.63, 3.8) is 0 Å². The molecule has 3 heterocycles. The Balaban J connectivity index is 1.39. The van der Waals surface area contributed by atoms with E-state index < -0.39 is 6.04 Å². The summed E-state index contributed by atoms with van der Waals surface area (Å²) in [7, 11) is 0. The molecule has 2 aromatic carbocycles. The van der Waals surface area contributed by atoms with Gasteiger partial charge < -0.3 is 10.1 Å². The van der Waals surface area contributed by atoms with E-state index in [1.807, 2.05) is 59.2 Å². The number of hydrogen-bond donors (Lipinski definition) is 1. The Morgan fingerprint density at radius 3 is 2.58 bits per heavy atom. The number of benzene rings is 2. The molecule has 1 N–H and O–H groups in total. The second-order valence-corrected chi connectivity index (χ2v) is 7.85. The van der Waals surface area contributed by atoms with Crippen molar-refractivity contribution in [1.29, 1.82) is 0 Å². The number of rotatable bonds is 6. The maximum absolute atomic E-state index is 13.4. The van der Waals surface area contributed by atoms with Crippen LogP contribution in [0.3, 0.4) is 0 Å². The lowest BCUT2D eigenvalue weighted by atomic mass is 10.1. The topological polar surface area (TPSA) is 79.7 Å². The van der Waals surface area contributed by atoms with Crippen molar-refractivity contribution in [2.75, 3.05) is 49.6 Å². The van der Waals surface area contributed by atoms with Crippen molar-refractivity contribution in [3.05, 3.63) is 54.6 Å². The fourth-order valence-electron chi connectivity index (χ4n) is 4.28. The molecule has 0 spiro atoms. The van der Waals surface area contributed by atoms with Gasteiger partial charge in [-0.25, -0.2) is 4.98 Å². The Hall–Kier alpha value is -3.23. The number of morpholine rings is 1. The fourth-order valence-corrected chi connectivity index (χ4v) is 4.28. The van der Waals surface area contributed by atoms with Crippen molar-refractivity contribution >= 4 is 34.5 Å².